The zero-order valence-electron chi connectivity index (χ0n) is 9.78. The van der Waals surface area contributed by atoms with Gasteiger partial charge in [0.25, 0.3) is 0 Å². The molecule has 1 aliphatic rings. The van der Waals surface area contributed by atoms with Gasteiger partial charge >= 0.3 is 5.97 Å². The highest BCUT2D eigenvalue weighted by Gasteiger charge is 2.45. The Labute approximate surface area is 99.8 Å². The van der Waals surface area contributed by atoms with Crippen LogP contribution < -0.4 is 0 Å². The minimum Gasteiger partial charge on any atom is -0.469 e. The molecule has 1 aromatic heterocycles. The molecule has 1 fully saturated rings. The van der Waals surface area contributed by atoms with Gasteiger partial charge in [0.05, 0.1) is 23.2 Å². The molecule has 2 rings (SSSR count). The molecule has 0 saturated heterocycles. The summed E-state index contributed by atoms with van der Waals surface area (Å²) in [7, 11) is 1.47. The van der Waals surface area contributed by atoms with Crippen molar-refractivity contribution >= 4 is 17.3 Å². The van der Waals surface area contributed by atoms with Gasteiger partial charge in [0.15, 0.2) is 0 Å². The normalized spacial score (nSPS) is 17.9. The van der Waals surface area contributed by atoms with Crippen LogP contribution in [0.3, 0.4) is 0 Å². The lowest BCUT2D eigenvalue weighted by Gasteiger charge is -2.38. The van der Waals surface area contributed by atoms with Gasteiger partial charge in [0, 0.05) is 11.8 Å². The summed E-state index contributed by atoms with van der Waals surface area (Å²) < 4.78 is 4.90. The average Bonchev–Trinajstić information content (AvgIpc) is 2.70. The summed E-state index contributed by atoms with van der Waals surface area (Å²) in [6, 6.07) is 0. The van der Waals surface area contributed by atoms with E-state index < -0.39 is 0 Å². The van der Waals surface area contributed by atoms with Crippen LogP contribution in [0.4, 0.5) is 0 Å². The number of hydrogen-bond donors (Lipinski definition) is 0. The van der Waals surface area contributed by atoms with Crippen molar-refractivity contribution in [2.45, 2.75) is 39.0 Å². The molecule has 0 radical (unpaired) electrons. The third-order valence-electron chi connectivity index (χ3n) is 3.38. The second kappa shape index (κ2) is 4.53. The molecule has 0 spiro atoms. The first-order valence-corrected chi connectivity index (χ1v) is 6.60. The molecule has 0 aliphatic heterocycles. The van der Waals surface area contributed by atoms with E-state index in [9.17, 15) is 4.79 Å². The van der Waals surface area contributed by atoms with Gasteiger partial charge in [0.1, 0.15) is 0 Å². The second-order valence-corrected chi connectivity index (χ2v) is 5.33. The van der Waals surface area contributed by atoms with Crippen molar-refractivity contribution in [3.05, 3.63) is 16.1 Å². The zero-order valence-corrected chi connectivity index (χ0v) is 10.6. The quantitative estimate of drug-likeness (QED) is 0.758. The minimum atomic E-state index is -0.266. The molecular weight excluding hydrogens is 222 g/mol. The third kappa shape index (κ3) is 1.98. The second-order valence-electron chi connectivity index (χ2n) is 4.39. The molecule has 0 atom stereocenters. The van der Waals surface area contributed by atoms with Crippen LogP contribution in [0.5, 0.6) is 0 Å². The first-order valence-electron chi connectivity index (χ1n) is 5.72. The predicted octanol–water partition coefficient (Wildman–Crippen LogP) is 2.59. The molecule has 1 saturated carbocycles. The molecule has 0 aromatic carbocycles. The third-order valence-corrected chi connectivity index (χ3v) is 4.28. The highest BCUT2D eigenvalue weighted by Crippen LogP contribution is 2.45. The smallest absolute Gasteiger partial charge is 0.312 e. The van der Waals surface area contributed by atoms with Gasteiger partial charge in [-0.2, -0.15) is 0 Å². The molecule has 16 heavy (non-hydrogen) atoms. The standard InChI is InChI=1S/C12H17NO2S/c1-3-9-8-16-10(13-9)7-12(5-4-6-12)11(14)15-2/h8H,3-7H2,1-2H3. The molecule has 1 aromatic rings. The molecule has 88 valence electrons. The molecule has 0 unspecified atom stereocenters. The van der Waals surface area contributed by atoms with Crippen molar-refractivity contribution in [2.24, 2.45) is 5.41 Å². The van der Waals surface area contributed by atoms with Gasteiger partial charge in [-0.15, -0.1) is 11.3 Å². The van der Waals surface area contributed by atoms with Gasteiger partial charge in [-0.25, -0.2) is 4.98 Å². The number of methoxy groups -OCH3 is 1. The SMILES string of the molecule is CCc1csc(CC2(C(=O)OC)CCC2)n1. The van der Waals surface area contributed by atoms with Gasteiger partial charge in [-0.05, 0) is 19.3 Å². The maximum absolute atomic E-state index is 11.8. The maximum Gasteiger partial charge on any atom is 0.312 e. The summed E-state index contributed by atoms with van der Waals surface area (Å²) in [4.78, 5) is 16.3. The van der Waals surface area contributed by atoms with Crippen LogP contribution >= 0.6 is 11.3 Å². The lowest BCUT2D eigenvalue weighted by Crippen LogP contribution is -2.40. The monoisotopic (exact) mass is 239 g/mol. The van der Waals surface area contributed by atoms with Crippen molar-refractivity contribution in [1.82, 2.24) is 4.98 Å². The van der Waals surface area contributed by atoms with Gasteiger partial charge in [-0.3, -0.25) is 4.79 Å². The van der Waals surface area contributed by atoms with Crippen LogP contribution in [0.25, 0.3) is 0 Å². The number of thiazole rings is 1. The number of rotatable bonds is 4. The molecule has 0 amide bonds. The Morgan fingerprint density at radius 1 is 1.62 bits per heavy atom. The minimum absolute atomic E-state index is 0.0630. The molecule has 1 aliphatic carbocycles. The van der Waals surface area contributed by atoms with Gasteiger partial charge < -0.3 is 4.74 Å². The van der Waals surface area contributed by atoms with E-state index in [2.05, 4.69) is 17.3 Å². The van der Waals surface area contributed by atoms with Crippen LogP contribution in [-0.4, -0.2) is 18.1 Å². The van der Waals surface area contributed by atoms with Crippen molar-refractivity contribution in [1.29, 1.82) is 0 Å². The number of aromatic nitrogens is 1. The van der Waals surface area contributed by atoms with Crippen LogP contribution in [0.15, 0.2) is 5.38 Å². The Hall–Kier alpha value is -0.900. The number of aryl methyl sites for hydroxylation is 1. The number of esters is 1. The van der Waals surface area contributed by atoms with E-state index in [1.807, 2.05) is 0 Å². The molecule has 1 heterocycles. The van der Waals surface area contributed by atoms with Crippen molar-refractivity contribution in [2.75, 3.05) is 7.11 Å². The fraction of sp³-hybridized carbons (Fsp3) is 0.667. The molecular formula is C12H17NO2S. The van der Waals surface area contributed by atoms with Gasteiger partial charge in [-0.1, -0.05) is 13.3 Å². The Bertz CT molecular complexity index is 382. The van der Waals surface area contributed by atoms with Gasteiger partial charge in [0.2, 0.25) is 0 Å². The summed E-state index contributed by atoms with van der Waals surface area (Å²) in [6.45, 7) is 2.10. The topological polar surface area (TPSA) is 39.2 Å². The predicted molar refractivity (Wildman–Crippen MR) is 63.5 cm³/mol. The van der Waals surface area contributed by atoms with E-state index >= 15 is 0 Å². The Morgan fingerprint density at radius 2 is 2.38 bits per heavy atom. The summed E-state index contributed by atoms with van der Waals surface area (Å²) in [5, 5.41) is 3.15. The Kier molecular flexibility index (Phi) is 3.28. The Morgan fingerprint density at radius 3 is 2.81 bits per heavy atom. The zero-order chi connectivity index (χ0) is 11.6. The van der Waals surface area contributed by atoms with Crippen molar-refractivity contribution in [3.63, 3.8) is 0 Å². The molecule has 0 bridgehead atoms. The first kappa shape index (κ1) is 11.6. The largest absolute Gasteiger partial charge is 0.469 e. The summed E-state index contributed by atoms with van der Waals surface area (Å²) in [6.07, 6.45) is 4.73. The van der Waals surface area contributed by atoms with Crippen LogP contribution in [-0.2, 0) is 22.4 Å². The Balaban J connectivity index is 2.09. The summed E-state index contributed by atoms with van der Waals surface area (Å²) >= 11 is 1.66. The van der Waals surface area contributed by atoms with Crippen LogP contribution in [0.1, 0.15) is 36.9 Å². The van der Waals surface area contributed by atoms with E-state index in [1.54, 1.807) is 11.3 Å². The van der Waals surface area contributed by atoms with Crippen molar-refractivity contribution < 1.29 is 9.53 Å². The fourth-order valence-corrected chi connectivity index (χ4v) is 3.18. The van der Waals surface area contributed by atoms with Crippen LogP contribution in [0, 0.1) is 5.41 Å². The van der Waals surface area contributed by atoms with E-state index in [0.29, 0.717) is 0 Å². The van der Waals surface area contributed by atoms with Crippen LogP contribution in [0.2, 0.25) is 0 Å². The maximum atomic E-state index is 11.8. The molecule has 3 nitrogen and oxygen atoms in total. The molecule has 4 heteroatoms. The lowest BCUT2D eigenvalue weighted by atomic mass is 9.67. The summed E-state index contributed by atoms with van der Waals surface area (Å²) in [5.41, 5.74) is 0.858. The highest BCUT2D eigenvalue weighted by molar-refractivity contribution is 7.09. The highest BCUT2D eigenvalue weighted by atomic mass is 32.1. The number of nitrogens with zero attached hydrogens (tertiary/aromatic N) is 1. The number of hydrogen-bond acceptors (Lipinski definition) is 4. The molecule has 0 N–H and O–H groups in total. The average molecular weight is 239 g/mol. The van der Waals surface area contributed by atoms with E-state index in [0.717, 1.165) is 42.8 Å². The first-order chi connectivity index (χ1) is 7.70. The summed E-state index contributed by atoms with van der Waals surface area (Å²) in [5.74, 6) is -0.0630. The van der Waals surface area contributed by atoms with E-state index in [-0.39, 0.29) is 11.4 Å². The van der Waals surface area contributed by atoms with E-state index in [1.165, 1.54) is 7.11 Å². The number of ether oxygens (including phenoxy) is 1. The fourth-order valence-electron chi connectivity index (χ4n) is 2.16. The van der Waals surface area contributed by atoms with Crippen molar-refractivity contribution in [3.8, 4) is 0 Å². The van der Waals surface area contributed by atoms with E-state index in [4.69, 9.17) is 4.74 Å². The lowest BCUT2D eigenvalue weighted by molar-refractivity contribution is -0.158. The number of carbonyl (C=O) groups is 1. The number of carbonyl (C=O) groups excluding carboxylic acids is 1.